The SMILES string of the molecule is CC(=Cc1ccccc1)N1CCN(C2c3ccccc3COc3cc(F)ccc32)CC1.O=C(O)C=CC(=O)O.O=C(O)C=CC(=O)O. The first kappa shape index (κ1) is 35.7. The van der Waals surface area contributed by atoms with Crippen LogP contribution in [0.3, 0.4) is 0 Å². The van der Waals surface area contributed by atoms with Crippen LogP contribution >= 0.6 is 0 Å². The Morgan fingerprint density at radius 2 is 1.26 bits per heavy atom. The van der Waals surface area contributed by atoms with E-state index in [0.29, 0.717) is 36.7 Å². The summed E-state index contributed by atoms with van der Waals surface area (Å²) in [6.07, 6.45) is 4.48. The highest BCUT2D eigenvalue weighted by molar-refractivity contribution is 5.90. The molecule has 2 aliphatic rings. The van der Waals surface area contributed by atoms with E-state index in [9.17, 15) is 23.6 Å². The van der Waals surface area contributed by atoms with Crippen molar-refractivity contribution in [1.29, 1.82) is 0 Å². The molecular formula is C35H35FN2O9. The van der Waals surface area contributed by atoms with Crippen molar-refractivity contribution in [2.75, 3.05) is 26.2 Å². The minimum absolute atomic E-state index is 0.0786. The number of aliphatic carboxylic acids is 4. The quantitative estimate of drug-likeness (QED) is 0.258. The van der Waals surface area contributed by atoms with Gasteiger partial charge in [0, 0.05) is 67.8 Å². The van der Waals surface area contributed by atoms with Gasteiger partial charge < -0.3 is 30.1 Å². The van der Waals surface area contributed by atoms with Crippen LogP contribution in [0.5, 0.6) is 5.75 Å². The number of halogens is 1. The van der Waals surface area contributed by atoms with E-state index in [4.69, 9.17) is 25.2 Å². The lowest BCUT2D eigenvalue weighted by Crippen LogP contribution is -2.47. The number of carboxylic acid groups (broad SMARTS) is 4. The summed E-state index contributed by atoms with van der Waals surface area (Å²) < 4.78 is 20.0. The van der Waals surface area contributed by atoms with Crippen molar-refractivity contribution in [2.45, 2.75) is 19.6 Å². The molecule has 0 radical (unpaired) electrons. The molecule has 1 atom stereocenters. The smallest absolute Gasteiger partial charge is 0.328 e. The number of fused-ring (bicyclic) bond motifs is 2. The fourth-order valence-electron chi connectivity index (χ4n) is 5.01. The highest BCUT2D eigenvalue weighted by Crippen LogP contribution is 2.40. The Balaban J connectivity index is 0.000000312. The number of nitrogens with zero attached hydrogens (tertiary/aromatic N) is 2. The summed E-state index contributed by atoms with van der Waals surface area (Å²) in [4.78, 5) is 43.2. The summed E-state index contributed by atoms with van der Waals surface area (Å²) in [7, 11) is 0. The third-order valence-electron chi connectivity index (χ3n) is 7.09. The molecule has 5 rings (SSSR count). The van der Waals surface area contributed by atoms with Gasteiger partial charge >= 0.3 is 23.9 Å². The summed E-state index contributed by atoms with van der Waals surface area (Å²) in [5.74, 6) is -4.63. The van der Waals surface area contributed by atoms with Crippen LogP contribution in [0, 0.1) is 5.82 Å². The number of allylic oxidation sites excluding steroid dienone is 1. The molecule has 3 aromatic carbocycles. The maximum Gasteiger partial charge on any atom is 0.328 e. The Labute approximate surface area is 270 Å². The number of carboxylic acids is 4. The molecule has 1 fully saturated rings. The maximum atomic E-state index is 13.9. The summed E-state index contributed by atoms with van der Waals surface area (Å²) in [5, 5.41) is 31.2. The van der Waals surface area contributed by atoms with Crippen LogP contribution in [-0.4, -0.2) is 80.3 Å². The lowest BCUT2D eigenvalue weighted by Gasteiger charge is -2.41. The molecule has 0 aliphatic carbocycles. The summed E-state index contributed by atoms with van der Waals surface area (Å²) >= 11 is 0. The molecule has 47 heavy (non-hydrogen) atoms. The van der Waals surface area contributed by atoms with Gasteiger partial charge in [0.25, 0.3) is 0 Å². The number of rotatable bonds is 7. The Bertz CT molecular complexity index is 1580. The van der Waals surface area contributed by atoms with E-state index in [1.807, 2.05) is 18.2 Å². The van der Waals surface area contributed by atoms with Gasteiger partial charge in [-0.15, -0.1) is 0 Å². The number of hydrogen-bond acceptors (Lipinski definition) is 7. The number of hydrogen-bond donors (Lipinski definition) is 4. The third-order valence-corrected chi connectivity index (χ3v) is 7.09. The van der Waals surface area contributed by atoms with Gasteiger partial charge in [-0.25, -0.2) is 23.6 Å². The minimum atomic E-state index is -1.26. The average molecular weight is 647 g/mol. The monoisotopic (exact) mass is 646 g/mol. The van der Waals surface area contributed by atoms with Crippen LogP contribution in [0.2, 0.25) is 0 Å². The first-order valence-electron chi connectivity index (χ1n) is 14.4. The number of ether oxygens (including phenoxy) is 1. The summed E-state index contributed by atoms with van der Waals surface area (Å²) in [5.41, 5.74) is 6.01. The van der Waals surface area contributed by atoms with Crippen molar-refractivity contribution in [1.82, 2.24) is 9.80 Å². The third kappa shape index (κ3) is 11.6. The second-order valence-electron chi connectivity index (χ2n) is 10.3. The van der Waals surface area contributed by atoms with Gasteiger partial charge in [0.1, 0.15) is 18.2 Å². The standard InChI is InChI=1S/C27H27FN2O.2C4H4O4/c1-20(17-21-7-3-2-4-8-21)29-13-15-30(16-14-29)27-24-10-6-5-9-22(24)19-31-26-18-23(28)11-12-25(26)27;2*5-3(6)1-2-4(7)8/h2-12,17-18,27H,13-16,19H2,1H3;2*1-2H,(H,5,6)(H,7,8). The van der Waals surface area contributed by atoms with Gasteiger partial charge in [-0.2, -0.15) is 0 Å². The number of piperazine rings is 1. The van der Waals surface area contributed by atoms with Gasteiger partial charge in [-0.1, -0.05) is 60.7 Å². The molecule has 1 unspecified atom stereocenters. The Hall–Kier alpha value is -5.75. The maximum absolute atomic E-state index is 13.9. The lowest BCUT2D eigenvalue weighted by atomic mass is 9.93. The largest absolute Gasteiger partial charge is 0.488 e. The van der Waals surface area contributed by atoms with Crippen LogP contribution < -0.4 is 4.74 Å². The Kier molecular flexibility index (Phi) is 13.4. The molecule has 2 heterocycles. The van der Waals surface area contributed by atoms with Crippen molar-refractivity contribution in [3.63, 3.8) is 0 Å². The first-order valence-corrected chi connectivity index (χ1v) is 14.4. The van der Waals surface area contributed by atoms with E-state index >= 15 is 0 Å². The zero-order valence-electron chi connectivity index (χ0n) is 25.5. The lowest BCUT2D eigenvalue weighted by molar-refractivity contribution is -0.134. The van der Waals surface area contributed by atoms with Crippen LogP contribution in [0.4, 0.5) is 4.39 Å². The molecular weight excluding hydrogens is 611 g/mol. The molecule has 0 amide bonds. The highest BCUT2D eigenvalue weighted by atomic mass is 19.1. The normalized spacial score (nSPS) is 15.9. The van der Waals surface area contributed by atoms with Gasteiger partial charge in [0.05, 0.1) is 6.04 Å². The molecule has 0 saturated carbocycles. The van der Waals surface area contributed by atoms with Gasteiger partial charge in [-0.05, 0) is 35.8 Å². The fraction of sp³-hybridized carbons (Fsp3) is 0.200. The van der Waals surface area contributed by atoms with E-state index in [1.165, 1.54) is 28.5 Å². The van der Waals surface area contributed by atoms with Gasteiger partial charge in [0.15, 0.2) is 0 Å². The van der Waals surface area contributed by atoms with Crippen molar-refractivity contribution >= 4 is 30.0 Å². The van der Waals surface area contributed by atoms with Crippen molar-refractivity contribution < 1.29 is 48.7 Å². The van der Waals surface area contributed by atoms with E-state index in [0.717, 1.165) is 31.7 Å². The van der Waals surface area contributed by atoms with Crippen molar-refractivity contribution in [3.05, 3.63) is 131 Å². The van der Waals surface area contributed by atoms with Gasteiger partial charge in [0.2, 0.25) is 0 Å². The molecule has 11 nitrogen and oxygen atoms in total. The Morgan fingerprint density at radius 3 is 1.81 bits per heavy atom. The van der Waals surface area contributed by atoms with Crippen molar-refractivity contribution in [2.24, 2.45) is 0 Å². The molecule has 3 aromatic rings. The molecule has 0 aromatic heterocycles. The zero-order chi connectivity index (χ0) is 34.3. The number of carbonyl (C=O) groups is 4. The van der Waals surface area contributed by atoms with Crippen LogP contribution in [0.25, 0.3) is 6.08 Å². The fourth-order valence-corrected chi connectivity index (χ4v) is 5.01. The minimum Gasteiger partial charge on any atom is -0.488 e. The molecule has 0 bridgehead atoms. The highest BCUT2D eigenvalue weighted by Gasteiger charge is 2.32. The van der Waals surface area contributed by atoms with Crippen molar-refractivity contribution in [3.8, 4) is 5.75 Å². The predicted octanol–water partition coefficient (Wildman–Crippen LogP) is 4.91. The molecule has 0 spiro atoms. The van der Waals surface area contributed by atoms with E-state index in [1.54, 1.807) is 6.07 Å². The Morgan fingerprint density at radius 1 is 0.723 bits per heavy atom. The number of benzene rings is 3. The topological polar surface area (TPSA) is 165 Å². The van der Waals surface area contributed by atoms with E-state index in [2.05, 4.69) is 65.3 Å². The first-order chi connectivity index (χ1) is 22.4. The average Bonchev–Trinajstić information content (AvgIpc) is 3.20. The van der Waals surface area contributed by atoms with E-state index in [-0.39, 0.29) is 11.9 Å². The van der Waals surface area contributed by atoms with E-state index < -0.39 is 23.9 Å². The summed E-state index contributed by atoms with van der Waals surface area (Å²) in [6.45, 7) is 6.47. The van der Waals surface area contributed by atoms with Crippen LogP contribution in [-0.2, 0) is 25.8 Å². The summed E-state index contributed by atoms with van der Waals surface area (Å²) in [6, 6.07) is 24.0. The predicted molar refractivity (Wildman–Crippen MR) is 171 cm³/mol. The molecule has 4 N–H and O–H groups in total. The molecule has 12 heteroatoms. The van der Waals surface area contributed by atoms with Crippen LogP contribution in [0.15, 0.2) is 103 Å². The van der Waals surface area contributed by atoms with Crippen LogP contribution in [0.1, 0.15) is 35.2 Å². The van der Waals surface area contributed by atoms with Gasteiger partial charge in [-0.3, -0.25) is 4.90 Å². The second kappa shape index (κ2) is 17.7. The molecule has 2 aliphatic heterocycles. The molecule has 246 valence electrons. The second-order valence-corrected chi connectivity index (χ2v) is 10.3. The zero-order valence-corrected chi connectivity index (χ0v) is 25.5. The molecule has 1 saturated heterocycles.